The molecule has 4 nitrogen and oxygen atoms in total. The molecule has 1 fully saturated rings. The van der Waals surface area contributed by atoms with E-state index >= 15 is 0 Å². The molecule has 0 aliphatic carbocycles. The second-order valence-corrected chi connectivity index (χ2v) is 9.14. The molecule has 0 aromatic heterocycles. The summed E-state index contributed by atoms with van der Waals surface area (Å²) in [5.74, 6) is -0.117. The quantitative estimate of drug-likeness (QED) is 0.469. The minimum Gasteiger partial charge on any atom is -0.279 e. The molecule has 2 aromatic rings. The van der Waals surface area contributed by atoms with Crippen molar-refractivity contribution < 1.29 is 4.79 Å². The van der Waals surface area contributed by atoms with E-state index in [1.165, 1.54) is 17.3 Å². The largest absolute Gasteiger partial charge is 0.279 e. The maximum Gasteiger partial charge on any atom is 0.249 e. The smallest absolute Gasteiger partial charge is 0.249 e. The molecular weight excluding hydrogens is 421 g/mol. The van der Waals surface area contributed by atoms with E-state index in [4.69, 9.17) is 28.3 Å². The van der Waals surface area contributed by atoms with Crippen LogP contribution in [0.2, 0.25) is 5.02 Å². The lowest BCUT2D eigenvalue weighted by Crippen LogP contribution is -2.57. The zero-order valence-corrected chi connectivity index (χ0v) is 17.0. The second-order valence-electron chi connectivity index (χ2n) is 6.29. The summed E-state index contributed by atoms with van der Waals surface area (Å²) in [6.45, 7) is 0. The second kappa shape index (κ2) is 6.78. The van der Waals surface area contributed by atoms with E-state index < -0.39 is 5.38 Å². The average Bonchev–Trinajstić information content (AvgIpc) is 3.27. The van der Waals surface area contributed by atoms with E-state index in [9.17, 15) is 4.79 Å². The number of hydrogen-bond acceptors (Lipinski definition) is 5. The lowest BCUT2D eigenvalue weighted by molar-refractivity contribution is -0.138. The van der Waals surface area contributed by atoms with Crippen LogP contribution in [0.15, 0.2) is 70.1 Å². The number of hydrogen-bond donors (Lipinski definition) is 0. The molecule has 0 saturated carbocycles. The van der Waals surface area contributed by atoms with Crippen molar-refractivity contribution in [1.29, 1.82) is 0 Å². The SMILES string of the molecule is O=C1C(Cl)C(c2ccc(Cl)cc2)N1C1=NN2C(=CSC2c2ccccc2)S1. The van der Waals surface area contributed by atoms with Gasteiger partial charge in [-0.05, 0) is 35.0 Å². The topological polar surface area (TPSA) is 35.9 Å². The molecule has 3 aliphatic heterocycles. The normalized spacial score (nSPS) is 26.6. The fourth-order valence-electron chi connectivity index (χ4n) is 3.31. The van der Waals surface area contributed by atoms with E-state index in [2.05, 4.69) is 17.5 Å². The fraction of sp³-hybridized carbons (Fsp3) is 0.158. The number of carbonyl (C=O) groups is 1. The van der Waals surface area contributed by atoms with Gasteiger partial charge in [0.1, 0.15) is 15.8 Å². The number of alkyl halides is 1. The summed E-state index contributed by atoms with van der Waals surface area (Å²) in [7, 11) is 0. The molecule has 0 spiro atoms. The molecule has 0 N–H and O–H groups in total. The number of halogens is 2. The summed E-state index contributed by atoms with van der Waals surface area (Å²) < 4.78 is 0. The maximum absolute atomic E-state index is 12.5. The molecule has 3 heterocycles. The first-order chi connectivity index (χ1) is 13.1. The number of benzene rings is 2. The molecule has 0 bridgehead atoms. The van der Waals surface area contributed by atoms with E-state index in [-0.39, 0.29) is 17.3 Å². The molecular formula is C19H13Cl2N3OS2. The number of amidine groups is 1. The van der Waals surface area contributed by atoms with Gasteiger partial charge in [0, 0.05) is 10.4 Å². The van der Waals surface area contributed by atoms with Crippen molar-refractivity contribution in [2.45, 2.75) is 16.8 Å². The summed E-state index contributed by atoms with van der Waals surface area (Å²) in [4.78, 5) is 14.2. The summed E-state index contributed by atoms with van der Waals surface area (Å²) >= 11 is 15.6. The first-order valence-electron chi connectivity index (χ1n) is 8.32. The van der Waals surface area contributed by atoms with Crippen LogP contribution in [0.3, 0.4) is 0 Å². The predicted octanol–water partition coefficient (Wildman–Crippen LogP) is 5.40. The van der Waals surface area contributed by atoms with Gasteiger partial charge in [-0.15, -0.1) is 16.7 Å². The minimum absolute atomic E-state index is 0.0864. The predicted molar refractivity (Wildman–Crippen MR) is 112 cm³/mol. The Labute approximate surface area is 175 Å². The number of hydrazone groups is 1. The van der Waals surface area contributed by atoms with Gasteiger partial charge in [0.25, 0.3) is 0 Å². The Morgan fingerprint density at radius 1 is 1.00 bits per heavy atom. The van der Waals surface area contributed by atoms with Crippen molar-refractivity contribution in [3.63, 3.8) is 0 Å². The highest BCUT2D eigenvalue weighted by atomic mass is 35.5. The molecule has 5 rings (SSSR count). The fourth-order valence-corrected chi connectivity index (χ4v) is 6.02. The minimum atomic E-state index is -0.585. The molecule has 8 heteroatoms. The Hall–Kier alpha value is -1.60. The van der Waals surface area contributed by atoms with Gasteiger partial charge < -0.3 is 0 Å². The van der Waals surface area contributed by atoms with Gasteiger partial charge in [0.15, 0.2) is 5.17 Å². The highest BCUT2D eigenvalue weighted by Crippen LogP contribution is 2.52. The van der Waals surface area contributed by atoms with E-state index in [0.29, 0.717) is 10.2 Å². The number of thioether (sulfide) groups is 2. The van der Waals surface area contributed by atoms with Crippen molar-refractivity contribution in [1.82, 2.24) is 9.91 Å². The molecule has 1 saturated heterocycles. The number of rotatable bonds is 2. The third kappa shape index (κ3) is 2.86. The lowest BCUT2D eigenvalue weighted by atomic mass is 9.94. The first kappa shape index (κ1) is 17.5. The Bertz CT molecular complexity index is 965. The van der Waals surface area contributed by atoms with Crippen LogP contribution in [0.1, 0.15) is 22.5 Å². The lowest BCUT2D eigenvalue weighted by Gasteiger charge is -2.43. The number of likely N-dealkylation sites (tertiary alicyclic amines) is 1. The highest BCUT2D eigenvalue weighted by Gasteiger charge is 2.52. The number of carbonyl (C=O) groups excluding carboxylic acids is 1. The van der Waals surface area contributed by atoms with Gasteiger partial charge in [0.05, 0.1) is 6.04 Å². The standard InChI is InChI=1S/C19H13Cl2N3OS2/c20-13-8-6-11(7-9-13)16-15(21)17(25)23(16)19-22-24-14(27-19)10-26-18(24)12-4-2-1-3-5-12/h1-10,15-16,18H. The van der Waals surface area contributed by atoms with Gasteiger partial charge in [-0.25, -0.2) is 5.01 Å². The van der Waals surface area contributed by atoms with Crippen LogP contribution >= 0.6 is 46.7 Å². The summed E-state index contributed by atoms with van der Waals surface area (Å²) in [6, 6.07) is 17.4. The van der Waals surface area contributed by atoms with Crippen LogP contribution in [-0.4, -0.2) is 26.4 Å². The Morgan fingerprint density at radius 2 is 1.74 bits per heavy atom. The van der Waals surface area contributed by atoms with Crippen molar-refractivity contribution in [3.8, 4) is 0 Å². The molecule has 3 atom stereocenters. The Kier molecular flexibility index (Phi) is 4.39. The highest BCUT2D eigenvalue weighted by molar-refractivity contribution is 8.18. The Balaban J connectivity index is 1.43. The summed E-state index contributed by atoms with van der Waals surface area (Å²) in [5.41, 5.74) is 2.14. The molecule has 1 amide bonds. The summed E-state index contributed by atoms with van der Waals surface area (Å²) in [6.07, 6.45) is 0. The van der Waals surface area contributed by atoms with Crippen molar-refractivity contribution in [3.05, 3.63) is 81.2 Å². The molecule has 136 valence electrons. The number of nitrogens with zero attached hydrogens (tertiary/aromatic N) is 3. The van der Waals surface area contributed by atoms with Crippen LogP contribution in [0, 0.1) is 0 Å². The van der Waals surface area contributed by atoms with Crippen LogP contribution in [-0.2, 0) is 4.79 Å². The van der Waals surface area contributed by atoms with Crippen molar-refractivity contribution in [2.24, 2.45) is 5.10 Å². The monoisotopic (exact) mass is 433 g/mol. The molecule has 2 aromatic carbocycles. The average molecular weight is 434 g/mol. The number of β-lactam (4-membered cyclic amide) rings is 1. The molecule has 27 heavy (non-hydrogen) atoms. The van der Waals surface area contributed by atoms with Gasteiger partial charge >= 0.3 is 0 Å². The first-order valence-corrected chi connectivity index (χ1v) is 10.9. The zero-order valence-electron chi connectivity index (χ0n) is 13.8. The maximum atomic E-state index is 12.5. The third-order valence-corrected chi connectivity index (χ3v) is 7.56. The van der Waals surface area contributed by atoms with Crippen LogP contribution in [0.4, 0.5) is 0 Å². The van der Waals surface area contributed by atoms with E-state index in [1.807, 2.05) is 47.5 Å². The summed E-state index contributed by atoms with van der Waals surface area (Å²) in [5, 5.41) is 10.7. The van der Waals surface area contributed by atoms with Crippen molar-refractivity contribution >= 4 is 57.8 Å². The van der Waals surface area contributed by atoms with Crippen LogP contribution < -0.4 is 0 Å². The van der Waals surface area contributed by atoms with E-state index in [1.54, 1.807) is 16.7 Å². The molecule has 3 unspecified atom stereocenters. The zero-order chi connectivity index (χ0) is 18.5. The van der Waals surface area contributed by atoms with Crippen LogP contribution in [0.25, 0.3) is 0 Å². The van der Waals surface area contributed by atoms with Gasteiger partial charge in [0.2, 0.25) is 5.91 Å². The molecule has 3 aliphatic rings. The van der Waals surface area contributed by atoms with Gasteiger partial charge in [-0.3, -0.25) is 9.69 Å². The van der Waals surface area contributed by atoms with Gasteiger partial charge in [-0.1, -0.05) is 65.8 Å². The van der Waals surface area contributed by atoms with Crippen LogP contribution in [0.5, 0.6) is 0 Å². The number of amides is 1. The molecule has 0 radical (unpaired) electrons. The van der Waals surface area contributed by atoms with E-state index in [0.717, 1.165) is 10.6 Å². The van der Waals surface area contributed by atoms with Gasteiger partial charge in [-0.2, -0.15) is 0 Å². The number of fused-ring (bicyclic) bond motifs is 1. The van der Waals surface area contributed by atoms with Crippen molar-refractivity contribution in [2.75, 3.05) is 0 Å². The third-order valence-electron chi connectivity index (χ3n) is 4.67. The Morgan fingerprint density at radius 3 is 2.48 bits per heavy atom.